The molecule has 1 fully saturated rings. The van der Waals surface area contributed by atoms with E-state index in [9.17, 15) is 8.42 Å². The Bertz CT molecular complexity index is 569. The van der Waals surface area contributed by atoms with E-state index in [4.69, 9.17) is 0 Å². The van der Waals surface area contributed by atoms with E-state index in [0.29, 0.717) is 29.9 Å². The number of nitrogens with zero attached hydrogens (tertiary/aromatic N) is 2. The van der Waals surface area contributed by atoms with Crippen LogP contribution in [0, 0.1) is 0 Å². The summed E-state index contributed by atoms with van der Waals surface area (Å²) in [7, 11) is -1.30. The third-order valence-corrected chi connectivity index (χ3v) is 7.19. The van der Waals surface area contributed by atoms with Crippen LogP contribution >= 0.6 is 11.3 Å². The largest absolute Gasteiger partial charge is 0.310 e. The van der Waals surface area contributed by atoms with Gasteiger partial charge in [-0.05, 0) is 31.0 Å². The molecule has 0 aromatic carbocycles. The van der Waals surface area contributed by atoms with Gasteiger partial charge in [0.15, 0.2) is 0 Å². The molecule has 2 rings (SSSR count). The highest BCUT2D eigenvalue weighted by molar-refractivity contribution is 7.91. The van der Waals surface area contributed by atoms with Crippen molar-refractivity contribution >= 4 is 21.4 Å². The molecule has 0 spiro atoms. The van der Waals surface area contributed by atoms with Crippen molar-refractivity contribution in [1.29, 1.82) is 0 Å². The highest BCUT2D eigenvalue weighted by atomic mass is 32.2. The van der Waals surface area contributed by atoms with Gasteiger partial charge in [0.05, 0.1) is 0 Å². The zero-order valence-corrected chi connectivity index (χ0v) is 14.8. The van der Waals surface area contributed by atoms with E-state index in [1.54, 1.807) is 10.4 Å². The van der Waals surface area contributed by atoms with Gasteiger partial charge >= 0.3 is 0 Å². The maximum absolute atomic E-state index is 12.7. The quantitative estimate of drug-likeness (QED) is 0.890. The molecule has 21 heavy (non-hydrogen) atoms. The SMILES string of the molecule is CC(C)NCc1csc(S(=O)(=O)N2CCN(C)C(C)C2)c1. The molecular weight excluding hydrogens is 306 g/mol. The molecule has 1 aliphatic rings. The van der Waals surface area contributed by atoms with Crippen LogP contribution in [-0.2, 0) is 16.6 Å². The first-order valence-corrected chi connectivity index (χ1v) is 9.64. The van der Waals surface area contributed by atoms with Gasteiger partial charge in [0.1, 0.15) is 4.21 Å². The van der Waals surface area contributed by atoms with Crippen molar-refractivity contribution in [2.24, 2.45) is 0 Å². The van der Waals surface area contributed by atoms with Gasteiger partial charge in [-0.1, -0.05) is 13.8 Å². The van der Waals surface area contributed by atoms with Crippen LogP contribution in [0.25, 0.3) is 0 Å². The second-order valence-electron chi connectivity index (χ2n) is 6.00. The van der Waals surface area contributed by atoms with Crippen LogP contribution in [0.2, 0.25) is 0 Å². The van der Waals surface area contributed by atoms with Crippen molar-refractivity contribution < 1.29 is 8.42 Å². The highest BCUT2D eigenvalue weighted by Crippen LogP contribution is 2.25. The monoisotopic (exact) mass is 331 g/mol. The van der Waals surface area contributed by atoms with Gasteiger partial charge in [-0.15, -0.1) is 11.3 Å². The molecule has 0 bridgehead atoms. The minimum absolute atomic E-state index is 0.260. The molecule has 0 amide bonds. The average molecular weight is 332 g/mol. The summed E-state index contributed by atoms with van der Waals surface area (Å²) in [5, 5.41) is 5.24. The molecule has 0 aliphatic carbocycles. The van der Waals surface area contributed by atoms with Crippen LogP contribution in [0.1, 0.15) is 26.3 Å². The third-order valence-electron chi connectivity index (χ3n) is 3.86. The van der Waals surface area contributed by atoms with Crippen LogP contribution < -0.4 is 5.32 Å². The van der Waals surface area contributed by atoms with Crippen LogP contribution in [0.15, 0.2) is 15.7 Å². The first kappa shape index (κ1) is 16.9. The highest BCUT2D eigenvalue weighted by Gasteiger charge is 2.31. The smallest absolute Gasteiger partial charge is 0.252 e. The Morgan fingerprint density at radius 3 is 2.76 bits per heavy atom. The number of thiophene rings is 1. The molecule has 1 aromatic heterocycles. The Kier molecular flexibility index (Phi) is 5.43. The number of nitrogens with one attached hydrogen (secondary N) is 1. The molecule has 7 heteroatoms. The Balaban J connectivity index is 2.09. The van der Waals surface area contributed by atoms with Crippen LogP contribution in [0.5, 0.6) is 0 Å². The Hall–Kier alpha value is -0.470. The van der Waals surface area contributed by atoms with E-state index < -0.39 is 10.0 Å². The molecule has 120 valence electrons. The molecule has 0 saturated carbocycles. The van der Waals surface area contributed by atoms with E-state index >= 15 is 0 Å². The summed E-state index contributed by atoms with van der Waals surface area (Å²) in [6.07, 6.45) is 0. The number of hydrogen-bond donors (Lipinski definition) is 1. The summed E-state index contributed by atoms with van der Waals surface area (Å²) in [5.74, 6) is 0. The van der Waals surface area contributed by atoms with Crippen molar-refractivity contribution in [2.75, 3.05) is 26.7 Å². The minimum Gasteiger partial charge on any atom is -0.310 e. The van der Waals surface area contributed by atoms with Gasteiger partial charge in [-0.2, -0.15) is 4.31 Å². The lowest BCUT2D eigenvalue weighted by atomic mass is 10.2. The third kappa shape index (κ3) is 4.04. The molecular formula is C14H25N3O2S2. The predicted octanol–water partition coefficient (Wildman–Crippen LogP) is 1.57. The molecule has 1 aromatic rings. The lowest BCUT2D eigenvalue weighted by Crippen LogP contribution is -2.51. The fourth-order valence-corrected chi connectivity index (χ4v) is 5.14. The summed E-state index contributed by atoms with van der Waals surface area (Å²) in [6, 6.07) is 2.46. The number of rotatable bonds is 5. The molecule has 1 aliphatic heterocycles. The summed E-state index contributed by atoms with van der Waals surface area (Å²) in [5.41, 5.74) is 1.04. The first-order valence-electron chi connectivity index (χ1n) is 7.32. The second-order valence-corrected chi connectivity index (χ2v) is 9.08. The molecule has 2 heterocycles. The van der Waals surface area contributed by atoms with Gasteiger partial charge in [-0.25, -0.2) is 8.42 Å². The number of hydrogen-bond acceptors (Lipinski definition) is 5. The van der Waals surface area contributed by atoms with Crippen molar-refractivity contribution in [1.82, 2.24) is 14.5 Å². The summed E-state index contributed by atoms with van der Waals surface area (Å²) < 4.78 is 27.4. The first-order chi connectivity index (χ1) is 9.80. The van der Waals surface area contributed by atoms with Gasteiger partial charge in [0, 0.05) is 38.3 Å². The number of sulfonamides is 1. The van der Waals surface area contributed by atoms with E-state index in [0.717, 1.165) is 12.1 Å². The van der Waals surface area contributed by atoms with E-state index in [2.05, 4.69) is 31.0 Å². The van der Waals surface area contributed by atoms with Gasteiger partial charge < -0.3 is 10.2 Å². The van der Waals surface area contributed by atoms with E-state index in [1.807, 2.05) is 12.4 Å². The van der Waals surface area contributed by atoms with Crippen LogP contribution in [0.3, 0.4) is 0 Å². The fourth-order valence-electron chi connectivity index (χ4n) is 2.26. The maximum atomic E-state index is 12.7. The zero-order valence-electron chi connectivity index (χ0n) is 13.2. The molecule has 1 unspecified atom stereocenters. The van der Waals surface area contributed by atoms with Crippen molar-refractivity contribution in [3.8, 4) is 0 Å². The molecule has 1 saturated heterocycles. The molecule has 1 N–H and O–H groups in total. The normalized spacial score (nSPS) is 22.0. The van der Waals surface area contributed by atoms with Gasteiger partial charge in [0.25, 0.3) is 10.0 Å². The maximum Gasteiger partial charge on any atom is 0.252 e. The predicted molar refractivity (Wildman–Crippen MR) is 87.1 cm³/mol. The molecule has 0 radical (unpaired) electrons. The van der Waals surface area contributed by atoms with Gasteiger partial charge in [0.2, 0.25) is 0 Å². The minimum atomic E-state index is -3.34. The zero-order chi connectivity index (χ0) is 15.6. The average Bonchev–Trinajstić information content (AvgIpc) is 2.89. The summed E-state index contributed by atoms with van der Waals surface area (Å²) >= 11 is 1.32. The summed E-state index contributed by atoms with van der Waals surface area (Å²) in [6.45, 7) is 8.85. The van der Waals surface area contributed by atoms with E-state index in [1.165, 1.54) is 11.3 Å². The van der Waals surface area contributed by atoms with Crippen LogP contribution in [0.4, 0.5) is 0 Å². The van der Waals surface area contributed by atoms with Crippen molar-refractivity contribution in [3.63, 3.8) is 0 Å². The fraction of sp³-hybridized carbons (Fsp3) is 0.714. The summed E-state index contributed by atoms with van der Waals surface area (Å²) in [4.78, 5) is 2.19. The Labute approximate surface area is 132 Å². The number of likely N-dealkylation sites (N-methyl/N-ethyl adjacent to an activating group) is 1. The van der Waals surface area contributed by atoms with E-state index in [-0.39, 0.29) is 6.04 Å². The topological polar surface area (TPSA) is 52.7 Å². The van der Waals surface area contributed by atoms with Gasteiger partial charge in [-0.3, -0.25) is 0 Å². The molecule has 5 nitrogen and oxygen atoms in total. The second kappa shape index (κ2) is 6.75. The number of piperazine rings is 1. The Morgan fingerprint density at radius 1 is 1.43 bits per heavy atom. The van der Waals surface area contributed by atoms with Crippen LogP contribution in [-0.4, -0.2) is 56.4 Å². The standard InChI is InChI=1S/C14H25N3O2S2/c1-11(2)15-8-13-7-14(20-10-13)21(18,19)17-6-5-16(4)12(3)9-17/h7,10-12,15H,5-6,8-9H2,1-4H3. The van der Waals surface area contributed by atoms with Crippen molar-refractivity contribution in [3.05, 3.63) is 17.0 Å². The lowest BCUT2D eigenvalue weighted by Gasteiger charge is -2.36. The molecule has 1 atom stereocenters. The Morgan fingerprint density at radius 2 is 2.14 bits per heavy atom. The lowest BCUT2D eigenvalue weighted by molar-refractivity contribution is 0.160. The van der Waals surface area contributed by atoms with Crippen molar-refractivity contribution in [2.45, 2.75) is 43.6 Å².